The molecule has 1 saturated carbocycles. The molecule has 1 aliphatic carbocycles. The van der Waals surface area contributed by atoms with Crippen LogP contribution < -0.4 is 5.32 Å². The van der Waals surface area contributed by atoms with Gasteiger partial charge in [0.15, 0.2) is 6.04 Å². The molecule has 1 aliphatic rings. The van der Waals surface area contributed by atoms with Gasteiger partial charge in [0.2, 0.25) is 17.7 Å². The number of hydrogen-bond donors (Lipinski definition) is 1. The number of ether oxygens (including phenoxy) is 2. The summed E-state index contributed by atoms with van der Waals surface area (Å²) in [6.07, 6.45) is 3.78. The van der Waals surface area contributed by atoms with E-state index in [1.54, 1.807) is 18.3 Å². The maximum atomic E-state index is 12.6. The number of nitrogens with zero attached hydrogens (tertiary/aromatic N) is 2. The van der Waals surface area contributed by atoms with Crippen LogP contribution >= 0.6 is 11.3 Å². The van der Waals surface area contributed by atoms with E-state index in [0.717, 1.165) is 31.2 Å². The van der Waals surface area contributed by atoms with Gasteiger partial charge in [0, 0.05) is 30.4 Å². The summed E-state index contributed by atoms with van der Waals surface area (Å²) in [5, 5.41) is 14.7. The Labute approximate surface area is 174 Å². The van der Waals surface area contributed by atoms with Crippen LogP contribution in [0.2, 0.25) is 0 Å². The zero-order valence-corrected chi connectivity index (χ0v) is 17.6. The molecule has 0 aromatic carbocycles. The number of carbonyl (C=O) groups is 2. The average Bonchev–Trinajstić information content (AvgIpc) is 3.46. The van der Waals surface area contributed by atoms with Crippen molar-refractivity contribution in [3.63, 3.8) is 0 Å². The largest absolute Gasteiger partial charge is 0.464 e. The number of amides is 1. The predicted octanol–water partition coefficient (Wildman–Crippen LogP) is 3.13. The van der Waals surface area contributed by atoms with Crippen LogP contribution in [0.5, 0.6) is 0 Å². The monoisotopic (exact) mass is 421 g/mol. The summed E-state index contributed by atoms with van der Waals surface area (Å²) in [7, 11) is 0. The fraction of sp³-hybridized carbons (Fsp3) is 0.600. The molecule has 29 heavy (non-hydrogen) atoms. The second kappa shape index (κ2) is 9.98. The van der Waals surface area contributed by atoms with Crippen LogP contribution in [0.1, 0.15) is 51.8 Å². The van der Waals surface area contributed by atoms with Crippen molar-refractivity contribution in [3.8, 4) is 11.5 Å². The molecule has 2 aromatic heterocycles. The molecule has 0 spiro atoms. The molecule has 0 saturated heterocycles. The Hall–Kier alpha value is -2.26. The standard InChI is InChI=1S/C20H27N3O5S/c1-3-26-19(25)17(20(27-4-2)10-5-6-11-20)21-15(24)7-8-16-22-23-18(28-16)14-9-12-29-13-14/h9,12-13,17H,3-8,10-11H2,1-2H3,(H,21,24)/t17-/m1/s1. The summed E-state index contributed by atoms with van der Waals surface area (Å²) in [5.74, 6) is 0.0970. The molecule has 158 valence electrons. The van der Waals surface area contributed by atoms with E-state index in [2.05, 4.69) is 15.5 Å². The van der Waals surface area contributed by atoms with Crippen LogP contribution in [0.25, 0.3) is 11.5 Å². The molecule has 8 nitrogen and oxygen atoms in total. The van der Waals surface area contributed by atoms with Gasteiger partial charge in [-0.05, 0) is 38.1 Å². The maximum Gasteiger partial charge on any atom is 0.331 e. The molecular weight excluding hydrogens is 394 g/mol. The van der Waals surface area contributed by atoms with Gasteiger partial charge < -0.3 is 19.2 Å². The molecule has 1 amide bonds. The number of rotatable bonds is 10. The van der Waals surface area contributed by atoms with Crippen molar-refractivity contribution in [2.45, 2.75) is 64.0 Å². The molecule has 1 N–H and O–H groups in total. The SMILES string of the molecule is CCOC(=O)[C@@H](NC(=O)CCc1nnc(-c2ccsc2)o1)C1(OCC)CCCC1. The minimum Gasteiger partial charge on any atom is -0.464 e. The van der Waals surface area contributed by atoms with Crippen molar-refractivity contribution >= 4 is 23.2 Å². The highest BCUT2D eigenvalue weighted by Crippen LogP contribution is 2.37. The van der Waals surface area contributed by atoms with Gasteiger partial charge in [-0.25, -0.2) is 4.79 Å². The first kappa shape index (κ1) is 21.4. The number of esters is 1. The Bertz CT molecular complexity index is 799. The van der Waals surface area contributed by atoms with Crippen molar-refractivity contribution in [2.75, 3.05) is 13.2 Å². The normalized spacial score (nSPS) is 16.5. The van der Waals surface area contributed by atoms with Gasteiger partial charge in [0.1, 0.15) is 0 Å². The Morgan fingerprint density at radius 1 is 1.28 bits per heavy atom. The van der Waals surface area contributed by atoms with Gasteiger partial charge >= 0.3 is 5.97 Å². The zero-order chi connectivity index (χ0) is 20.7. The summed E-state index contributed by atoms with van der Waals surface area (Å²) in [4.78, 5) is 25.2. The number of aryl methyl sites for hydroxylation is 1. The lowest BCUT2D eigenvalue weighted by Crippen LogP contribution is -2.57. The number of nitrogens with one attached hydrogen (secondary N) is 1. The van der Waals surface area contributed by atoms with Crippen molar-refractivity contribution in [2.24, 2.45) is 0 Å². The van der Waals surface area contributed by atoms with E-state index in [1.165, 1.54) is 0 Å². The van der Waals surface area contributed by atoms with E-state index in [4.69, 9.17) is 13.9 Å². The lowest BCUT2D eigenvalue weighted by atomic mass is 9.91. The molecule has 2 aromatic rings. The van der Waals surface area contributed by atoms with Crippen molar-refractivity contribution in [1.82, 2.24) is 15.5 Å². The van der Waals surface area contributed by atoms with Crippen LogP contribution in [0.4, 0.5) is 0 Å². The van der Waals surface area contributed by atoms with Crippen molar-refractivity contribution in [3.05, 3.63) is 22.7 Å². The smallest absolute Gasteiger partial charge is 0.331 e. The highest BCUT2D eigenvalue weighted by Gasteiger charge is 2.47. The summed E-state index contributed by atoms with van der Waals surface area (Å²) < 4.78 is 16.8. The van der Waals surface area contributed by atoms with E-state index in [0.29, 0.717) is 24.8 Å². The Kier molecular flexibility index (Phi) is 7.38. The van der Waals surface area contributed by atoms with Gasteiger partial charge in [0.25, 0.3) is 0 Å². The molecule has 0 aliphatic heterocycles. The minimum absolute atomic E-state index is 0.128. The third-order valence-electron chi connectivity index (χ3n) is 5.04. The maximum absolute atomic E-state index is 12.6. The van der Waals surface area contributed by atoms with Crippen LogP contribution in [0.3, 0.4) is 0 Å². The van der Waals surface area contributed by atoms with Gasteiger partial charge in [-0.15, -0.1) is 10.2 Å². The summed E-state index contributed by atoms with van der Waals surface area (Å²) in [6, 6.07) is 1.08. The third-order valence-corrected chi connectivity index (χ3v) is 5.72. The van der Waals surface area contributed by atoms with Gasteiger partial charge in [-0.1, -0.05) is 12.8 Å². The van der Waals surface area contributed by atoms with Gasteiger partial charge in [-0.2, -0.15) is 11.3 Å². The topological polar surface area (TPSA) is 104 Å². The van der Waals surface area contributed by atoms with E-state index >= 15 is 0 Å². The molecule has 2 heterocycles. The molecular formula is C20H27N3O5S. The Balaban J connectivity index is 1.63. The van der Waals surface area contributed by atoms with Gasteiger partial charge in [0.05, 0.1) is 12.2 Å². The van der Waals surface area contributed by atoms with Crippen molar-refractivity contribution < 1.29 is 23.5 Å². The van der Waals surface area contributed by atoms with Crippen LogP contribution in [-0.2, 0) is 25.5 Å². The molecule has 0 radical (unpaired) electrons. The van der Waals surface area contributed by atoms with E-state index in [9.17, 15) is 9.59 Å². The molecule has 1 atom stereocenters. The number of carbonyl (C=O) groups excluding carboxylic acids is 2. The zero-order valence-electron chi connectivity index (χ0n) is 16.8. The highest BCUT2D eigenvalue weighted by atomic mass is 32.1. The fourth-order valence-corrected chi connectivity index (χ4v) is 4.35. The summed E-state index contributed by atoms with van der Waals surface area (Å²) >= 11 is 1.54. The summed E-state index contributed by atoms with van der Waals surface area (Å²) in [6.45, 7) is 4.37. The highest BCUT2D eigenvalue weighted by molar-refractivity contribution is 7.08. The lowest BCUT2D eigenvalue weighted by molar-refractivity contribution is -0.159. The van der Waals surface area contributed by atoms with E-state index in [1.807, 2.05) is 23.8 Å². The van der Waals surface area contributed by atoms with Crippen LogP contribution in [0, 0.1) is 0 Å². The predicted molar refractivity (Wildman–Crippen MR) is 107 cm³/mol. The minimum atomic E-state index is -0.818. The number of thiophene rings is 1. The molecule has 1 fully saturated rings. The number of hydrogen-bond acceptors (Lipinski definition) is 8. The summed E-state index contributed by atoms with van der Waals surface area (Å²) in [5.41, 5.74) is 0.160. The quantitative estimate of drug-likeness (QED) is 0.588. The van der Waals surface area contributed by atoms with E-state index in [-0.39, 0.29) is 18.9 Å². The number of aromatic nitrogens is 2. The average molecular weight is 422 g/mol. The Morgan fingerprint density at radius 3 is 2.72 bits per heavy atom. The Morgan fingerprint density at radius 2 is 2.07 bits per heavy atom. The third kappa shape index (κ3) is 5.22. The van der Waals surface area contributed by atoms with Crippen LogP contribution in [-0.4, -0.2) is 46.9 Å². The molecule has 9 heteroatoms. The van der Waals surface area contributed by atoms with E-state index < -0.39 is 17.6 Å². The van der Waals surface area contributed by atoms with Gasteiger partial charge in [-0.3, -0.25) is 4.79 Å². The second-order valence-corrected chi connectivity index (χ2v) is 7.75. The first-order chi connectivity index (χ1) is 14.1. The first-order valence-corrected chi connectivity index (χ1v) is 11.0. The molecule has 0 unspecified atom stereocenters. The second-order valence-electron chi connectivity index (χ2n) is 6.97. The first-order valence-electron chi connectivity index (χ1n) is 10.0. The van der Waals surface area contributed by atoms with Crippen LogP contribution in [0.15, 0.2) is 21.2 Å². The fourth-order valence-electron chi connectivity index (χ4n) is 3.72. The molecule has 3 rings (SSSR count). The van der Waals surface area contributed by atoms with Crippen molar-refractivity contribution in [1.29, 1.82) is 0 Å². The lowest BCUT2D eigenvalue weighted by Gasteiger charge is -2.36. The molecule has 0 bridgehead atoms.